The van der Waals surface area contributed by atoms with Crippen LogP contribution in [0.1, 0.15) is 32.8 Å². The minimum absolute atomic E-state index is 0.00000532. The molecule has 0 heterocycles. The predicted molar refractivity (Wildman–Crippen MR) is 133 cm³/mol. The Bertz CT molecular complexity index is 1140. The molecule has 2 aromatic carbocycles. The summed E-state index contributed by atoms with van der Waals surface area (Å²) in [6.07, 6.45) is 1.20. The largest absolute Gasteiger partial charge is 0.352 e. The standard InChI is InChI=1S/C23H28Cl2FN3O4S/c1-5-21(23(31)27-15(2)3)28(13-16-9-10-17(24)11-20(16)25)22(30)14-29(34(4,32)33)19-8-6-7-18(26)12-19/h6-12,15,21H,5,13-14H2,1-4H3,(H,27,31)/t21-/m1/s1. The fourth-order valence-electron chi connectivity index (χ4n) is 3.38. The fourth-order valence-corrected chi connectivity index (χ4v) is 4.69. The molecule has 7 nitrogen and oxygen atoms in total. The summed E-state index contributed by atoms with van der Waals surface area (Å²) in [5.74, 6) is -1.68. The quantitative estimate of drug-likeness (QED) is 0.496. The summed E-state index contributed by atoms with van der Waals surface area (Å²) in [4.78, 5) is 27.7. The molecule has 11 heteroatoms. The number of sulfonamides is 1. The Balaban J connectivity index is 2.48. The van der Waals surface area contributed by atoms with E-state index in [1.165, 1.54) is 29.2 Å². The van der Waals surface area contributed by atoms with Crippen LogP contribution < -0.4 is 9.62 Å². The molecule has 0 saturated carbocycles. The molecule has 0 aromatic heterocycles. The van der Waals surface area contributed by atoms with Crippen LogP contribution in [0.3, 0.4) is 0 Å². The zero-order valence-electron chi connectivity index (χ0n) is 19.4. The SMILES string of the molecule is CC[C@H](C(=O)NC(C)C)N(Cc1ccc(Cl)cc1Cl)C(=O)CN(c1cccc(F)c1)S(C)(=O)=O. The third-order valence-corrected chi connectivity index (χ3v) is 6.68. The highest BCUT2D eigenvalue weighted by molar-refractivity contribution is 7.92. The van der Waals surface area contributed by atoms with E-state index in [0.29, 0.717) is 15.6 Å². The molecule has 0 aliphatic rings. The summed E-state index contributed by atoms with van der Waals surface area (Å²) < 4.78 is 39.6. The Hall–Kier alpha value is -2.36. The van der Waals surface area contributed by atoms with Crippen molar-refractivity contribution < 1.29 is 22.4 Å². The molecule has 2 rings (SSSR count). The van der Waals surface area contributed by atoms with Crippen LogP contribution in [0.15, 0.2) is 42.5 Å². The number of halogens is 3. The van der Waals surface area contributed by atoms with Crippen LogP contribution in [0.4, 0.5) is 10.1 Å². The number of benzene rings is 2. The maximum absolute atomic E-state index is 13.8. The first kappa shape index (κ1) is 27.9. The van der Waals surface area contributed by atoms with Crippen LogP contribution in [0.25, 0.3) is 0 Å². The van der Waals surface area contributed by atoms with Gasteiger partial charge in [0.1, 0.15) is 18.4 Å². The highest BCUT2D eigenvalue weighted by Crippen LogP contribution is 2.25. The molecule has 0 aliphatic heterocycles. The van der Waals surface area contributed by atoms with Crippen molar-refractivity contribution in [3.63, 3.8) is 0 Å². The molecule has 0 spiro atoms. The summed E-state index contributed by atoms with van der Waals surface area (Å²) in [5.41, 5.74) is 0.534. The highest BCUT2D eigenvalue weighted by atomic mass is 35.5. The smallest absolute Gasteiger partial charge is 0.244 e. The average molecular weight is 532 g/mol. The zero-order chi connectivity index (χ0) is 25.6. The second-order valence-electron chi connectivity index (χ2n) is 8.09. The van der Waals surface area contributed by atoms with Crippen molar-refractivity contribution in [2.75, 3.05) is 17.1 Å². The summed E-state index contributed by atoms with van der Waals surface area (Å²) in [6, 6.07) is 8.64. The van der Waals surface area contributed by atoms with Gasteiger partial charge in [-0.3, -0.25) is 13.9 Å². The van der Waals surface area contributed by atoms with Gasteiger partial charge in [0.15, 0.2) is 0 Å². The molecule has 2 aromatic rings. The van der Waals surface area contributed by atoms with Crippen LogP contribution >= 0.6 is 23.2 Å². The van der Waals surface area contributed by atoms with Gasteiger partial charge in [-0.15, -0.1) is 0 Å². The molecule has 1 N–H and O–H groups in total. The van der Waals surface area contributed by atoms with Gasteiger partial charge in [-0.25, -0.2) is 12.8 Å². The van der Waals surface area contributed by atoms with Gasteiger partial charge < -0.3 is 10.2 Å². The normalized spacial score (nSPS) is 12.4. The maximum atomic E-state index is 13.8. The number of nitrogens with one attached hydrogen (secondary N) is 1. The third kappa shape index (κ3) is 7.58. The molecule has 0 unspecified atom stereocenters. The first-order valence-corrected chi connectivity index (χ1v) is 13.2. The van der Waals surface area contributed by atoms with E-state index < -0.39 is 34.3 Å². The van der Waals surface area contributed by atoms with Crippen molar-refractivity contribution in [2.24, 2.45) is 0 Å². The number of nitrogens with zero attached hydrogens (tertiary/aromatic N) is 2. The fraction of sp³-hybridized carbons (Fsp3) is 0.391. The first-order chi connectivity index (χ1) is 15.8. The van der Waals surface area contributed by atoms with Gasteiger partial charge in [0.05, 0.1) is 11.9 Å². The van der Waals surface area contributed by atoms with Gasteiger partial charge in [-0.2, -0.15) is 0 Å². The Morgan fingerprint density at radius 3 is 2.32 bits per heavy atom. The van der Waals surface area contributed by atoms with Gasteiger partial charge in [-0.1, -0.05) is 42.3 Å². The Morgan fingerprint density at radius 2 is 1.79 bits per heavy atom. The highest BCUT2D eigenvalue weighted by Gasteiger charge is 2.32. The average Bonchev–Trinajstić information content (AvgIpc) is 2.71. The molecule has 1 atom stereocenters. The topological polar surface area (TPSA) is 86.8 Å². The van der Waals surface area contributed by atoms with Gasteiger partial charge in [0, 0.05) is 22.6 Å². The molecule has 0 saturated heterocycles. The van der Waals surface area contributed by atoms with Gasteiger partial charge in [-0.05, 0) is 56.2 Å². The van der Waals surface area contributed by atoms with E-state index in [1.807, 2.05) is 0 Å². The van der Waals surface area contributed by atoms with Crippen molar-refractivity contribution in [1.29, 1.82) is 0 Å². The molecular weight excluding hydrogens is 504 g/mol. The summed E-state index contributed by atoms with van der Waals surface area (Å²) in [5, 5.41) is 3.50. The lowest BCUT2D eigenvalue weighted by atomic mass is 10.1. The van der Waals surface area contributed by atoms with E-state index in [2.05, 4.69) is 5.32 Å². The minimum atomic E-state index is -3.95. The van der Waals surface area contributed by atoms with E-state index in [1.54, 1.807) is 32.9 Å². The van der Waals surface area contributed by atoms with E-state index in [9.17, 15) is 22.4 Å². The van der Waals surface area contributed by atoms with Crippen molar-refractivity contribution in [2.45, 2.75) is 45.8 Å². The molecule has 0 fully saturated rings. The van der Waals surface area contributed by atoms with E-state index in [-0.39, 0.29) is 30.6 Å². The van der Waals surface area contributed by atoms with Crippen molar-refractivity contribution in [1.82, 2.24) is 10.2 Å². The van der Waals surface area contributed by atoms with Crippen LogP contribution in [0.5, 0.6) is 0 Å². The molecular formula is C23H28Cl2FN3O4S. The maximum Gasteiger partial charge on any atom is 0.244 e. The van der Waals surface area contributed by atoms with Crippen molar-refractivity contribution in [3.8, 4) is 0 Å². The van der Waals surface area contributed by atoms with Crippen LogP contribution in [-0.4, -0.2) is 50.0 Å². The first-order valence-electron chi connectivity index (χ1n) is 10.6. The van der Waals surface area contributed by atoms with Gasteiger partial charge in [0.2, 0.25) is 21.8 Å². The number of hydrogen-bond donors (Lipinski definition) is 1. The van der Waals surface area contributed by atoms with Crippen LogP contribution in [-0.2, 0) is 26.2 Å². The van der Waals surface area contributed by atoms with Crippen LogP contribution in [0.2, 0.25) is 10.0 Å². The number of carbonyl (C=O) groups is 2. The molecule has 2 amide bonds. The molecule has 0 radical (unpaired) electrons. The lowest BCUT2D eigenvalue weighted by Gasteiger charge is -2.33. The Morgan fingerprint density at radius 1 is 1.12 bits per heavy atom. The number of amides is 2. The molecule has 186 valence electrons. The monoisotopic (exact) mass is 531 g/mol. The van der Waals surface area contributed by atoms with Crippen LogP contribution in [0, 0.1) is 5.82 Å². The summed E-state index contributed by atoms with van der Waals surface area (Å²) in [6.45, 7) is 4.65. The second kappa shape index (κ2) is 11.9. The summed E-state index contributed by atoms with van der Waals surface area (Å²) in [7, 11) is -3.95. The minimum Gasteiger partial charge on any atom is -0.352 e. The lowest BCUT2D eigenvalue weighted by molar-refractivity contribution is -0.140. The Kier molecular flexibility index (Phi) is 9.73. The zero-order valence-corrected chi connectivity index (χ0v) is 21.7. The van der Waals surface area contributed by atoms with Gasteiger partial charge in [0.25, 0.3) is 0 Å². The van der Waals surface area contributed by atoms with E-state index in [0.717, 1.165) is 16.6 Å². The van der Waals surface area contributed by atoms with Crippen molar-refractivity contribution in [3.05, 3.63) is 63.9 Å². The number of carbonyl (C=O) groups excluding carboxylic acids is 2. The third-order valence-electron chi connectivity index (χ3n) is 4.95. The Labute approximate surface area is 209 Å². The predicted octanol–water partition coefficient (Wildman–Crippen LogP) is 4.23. The number of hydrogen-bond acceptors (Lipinski definition) is 4. The second-order valence-corrected chi connectivity index (χ2v) is 10.8. The lowest BCUT2D eigenvalue weighted by Crippen LogP contribution is -2.53. The van der Waals surface area contributed by atoms with Crippen molar-refractivity contribution >= 4 is 50.7 Å². The molecule has 0 aliphatic carbocycles. The number of rotatable bonds is 10. The summed E-state index contributed by atoms with van der Waals surface area (Å²) >= 11 is 12.3. The number of anilines is 1. The van der Waals surface area contributed by atoms with E-state index in [4.69, 9.17) is 23.2 Å². The molecule has 0 bridgehead atoms. The molecule has 34 heavy (non-hydrogen) atoms. The van der Waals surface area contributed by atoms with E-state index >= 15 is 0 Å². The van der Waals surface area contributed by atoms with Gasteiger partial charge >= 0.3 is 0 Å².